The minimum absolute atomic E-state index is 0.103. The highest BCUT2D eigenvalue weighted by molar-refractivity contribution is 6.01. The summed E-state index contributed by atoms with van der Waals surface area (Å²) in [7, 11) is 3.02. The minimum Gasteiger partial charge on any atom is -0.497 e. The van der Waals surface area contributed by atoms with Crippen LogP contribution in [0.4, 0.5) is 5.69 Å². The smallest absolute Gasteiger partial charge is 0.252 e. The van der Waals surface area contributed by atoms with Crippen LogP contribution in [-0.2, 0) is 4.79 Å². The van der Waals surface area contributed by atoms with Crippen LogP contribution in [0.1, 0.15) is 24.2 Å². The molecule has 0 aliphatic heterocycles. The number of nitrogens with zero attached hydrogens (tertiary/aromatic N) is 1. The fraction of sp³-hybridized carbons (Fsp3) is 0.316. The second-order valence-electron chi connectivity index (χ2n) is 6.02. The van der Waals surface area contributed by atoms with Crippen molar-refractivity contribution in [3.8, 4) is 11.5 Å². The number of anilines is 1. The van der Waals surface area contributed by atoms with Gasteiger partial charge in [0.05, 0.1) is 14.2 Å². The minimum atomic E-state index is -0.701. The van der Waals surface area contributed by atoms with E-state index in [0.29, 0.717) is 22.7 Å². The van der Waals surface area contributed by atoms with E-state index in [0.717, 1.165) is 0 Å². The molecule has 7 nitrogen and oxygen atoms in total. The number of rotatable bonds is 7. The molecule has 7 heteroatoms. The Morgan fingerprint density at radius 3 is 2.08 bits per heavy atom. The van der Waals surface area contributed by atoms with E-state index >= 15 is 0 Å². The summed E-state index contributed by atoms with van der Waals surface area (Å²) in [4.78, 5) is 29.1. The summed E-state index contributed by atoms with van der Waals surface area (Å²) in [5, 5.41) is 5.56. The van der Waals surface area contributed by atoms with Gasteiger partial charge in [0.25, 0.3) is 5.91 Å². The molecule has 0 radical (unpaired) electrons. The van der Waals surface area contributed by atoms with Gasteiger partial charge in [-0.15, -0.1) is 0 Å². The van der Waals surface area contributed by atoms with E-state index < -0.39 is 6.04 Å². The average Bonchev–Trinajstić information content (AvgIpc) is 2.65. The maximum absolute atomic E-state index is 12.6. The van der Waals surface area contributed by atoms with Crippen LogP contribution in [-0.4, -0.2) is 37.1 Å². The number of pyridine rings is 1. The van der Waals surface area contributed by atoms with Crippen LogP contribution in [0.2, 0.25) is 0 Å². The van der Waals surface area contributed by atoms with Crippen LogP contribution >= 0.6 is 0 Å². The van der Waals surface area contributed by atoms with Gasteiger partial charge in [0.1, 0.15) is 17.5 Å². The molecule has 0 aliphatic carbocycles. The number of amides is 2. The first-order valence-corrected chi connectivity index (χ1v) is 8.19. The fourth-order valence-electron chi connectivity index (χ4n) is 2.35. The van der Waals surface area contributed by atoms with Gasteiger partial charge in [-0.25, -0.2) is 0 Å². The number of carbonyl (C=O) groups excluding carboxylic acids is 2. The molecule has 1 aromatic heterocycles. The third kappa shape index (κ3) is 4.95. The van der Waals surface area contributed by atoms with Crippen LogP contribution in [0, 0.1) is 5.92 Å². The number of carbonyl (C=O) groups is 2. The average molecular weight is 357 g/mol. The molecule has 0 saturated heterocycles. The summed E-state index contributed by atoms with van der Waals surface area (Å²) in [5.74, 6) is 0.210. The highest BCUT2D eigenvalue weighted by Gasteiger charge is 2.25. The SMILES string of the molecule is COc1cc(OC)cc(C(=O)N[C@H](C(=O)Nc2ccncc2)C(C)C)c1. The molecule has 1 atom stereocenters. The zero-order valence-electron chi connectivity index (χ0n) is 15.3. The number of ether oxygens (including phenoxy) is 2. The molecule has 1 heterocycles. The van der Waals surface area contributed by atoms with Gasteiger partial charge in [0.2, 0.25) is 5.91 Å². The molecule has 0 aliphatic rings. The Labute approximate surface area is 152 Å². The molecule has 0 saturated carbocycles. The fourth-order valence-corrected chi connectivity index (χ4v) is 2.35. The van der Waals surface area contributed by atoms with Crippen LogP contribution in [0.3, 0.4) is 0 Å². The van der Waals surface area contributed by atoms with Crippen molar-refractivity contribution in [3.63, 3.8) is 0 Å². The molecule has 1 aromatic carbocycles. The quantitative estimate of drug-likeness (QED) is 0.795. The van der Waals surface area contributed by atoms with Gasteiger partial charge in [-0.1, -0.05) is 13.8 Å². The lowest BCUT2D eigenvalue weighted by Crippen LogP contribution is -2.47. The Hall–Kier alpha value is -3.09. The number of hydrogen-bond donors (Lipinski definition) is 2. The van der Waals surface area contributed by atoms with Crippen molar-refractivity contribution in [2.45, 2.75) is 19.9 Å². The van der Waals surface area contributed by atoms with Gasteiger partial charge in [0.15, 0.2) is 0 Å². The monoisotopic (exact) mass is 357 g/mol. The van der Waals surface area contributed by atoms with Crippen LogP contribution in [0.5, 0.6) is 11.5 Å². The molecule has 26 heavy (non-hydrogen) atoms. The Balaban J connectivity index is 2.16. The summed E-state index contributed by atoms with van der Waals surface area (Å²) in [6.45, 7) is 3.73. The van der Waals surface area contributed by atoms with Crippen molar-refractivity contribution in [1.29, 1.82) is 0 Å². The van der Waals surface area contributed by atoms with E-state index in [9.17, 15) is 9.59 Å². The van der Waals surface area contributed by atoms with E-state index in [-0.39, 0.29) is 17.7 Å². The van der Waals surface area contributed by atoms with Crippen molar-refractivity contribution >= 4 is 17.5 Å². The second kappa shape index (κ2) is 8.84. The number of aromatic nitrogens is 1. The van der Waals surface area contributed by atoms with Crippen LogP contribution < -0.4 is 20.1 Å². The Morgan fingerprint density at radius 1 is 1.00 bits per heavy atom. The predicted octanol–water partition coefficient (Wildman–Crippen LogP) is 2.49. The molecule has 0 bridgehead atoms. The molecule has 2 rings (SSSR count). The van der Waals surface area contributed by atoms with Gasteiger partial charge < -0.3 is 20.1 Å². The topological polar surface area (TPSA) is 89.5 Å². The Kier molecular flexibility index (Phi) is 6.54. The van der Waals surface area contributed by atoms with E-state index in [1.807, 2.05) is 13.8 Å². The summed E-state index contributed by atoms with van der Waals surface area (Å²) in [6, 6.07) is 7.53. The molecule has 0 fully saturated rings. The third-order valence-corrected chi connectivity index (χ3v) is 3.80. The van der Waals surface area contributed by atoms with E-state index in [1.54, 1.807) is 42.7 Å². The predicted molar refractivity (Wildman–Crippen MR) is 98.5 cm³/mol. The molecule has 138 valence electrons. The van der Waals surface area contributed by atoms with Crippen LogP contribution in [0.25, 0.3) is 0 Å². The molecular weight excluding hydrogens is 334 g/mol. The Bertz CT molecular complexity index is 740. The highest BCUT2D eigenvalue weighted by Crippen LogP contribution is 2.22. The summed E-state index contributed by atoms with van der Waals surface area (Å²) in [5.41, 5.74) is 0.969. The van der Waals surface area contributed by atoms with Crippen molar-refractivity contribution in [2.24, 2.45) is 5.92 Å². The van der Waals surface area contributed by atoms with Crippen molar-refractivity contribution in [2.75, 3.05) is 19.5 Å². The van der Waals surface area contributed by atoms with Gasteiger partial charge in [-0.3, -0.25) is 14.6 Å². The summed E-state index contributed by atoms with van der Waals surface area (Å²) >= 11 is 0. The lowest BCUT2D eigenvalue weighted by Gasteiger charge is -2.22. The lowest BCUT2D eigenvalue weighted by molar-refractivity contribution is -0.118. The van der Waals surface area contributed by atoms with Gasteiger partial charge in [-0.2, -0.15) is 0 Å². The number of benzene rings is 1. The van der Waals surface area contributed by atoms with Gasteiger partial charge >= 0.3 is 0 Å². The van der Waals surface area contributed by atoms with E-state index in [1.165, 1.54) is 14.2 Å². The molecule has 0 spiro atoms. The molecule has 2 amide bonds. The highest BCUT2D eigenvalue weighted by atomic mass is 16.5. The Morgan fingerprint density at radius 2 is 1.58 bits per heavy atom. The van der Waals surface area contributed by atoms with Crippen molar-refractivity contribution in [1.82, 2.24) is 10.3 Å². The summed E-state index contributed by atoms with van der Waals surface area (Å²) < 4.78 is 10.4. The maximum atomic E-state index is 12.6. The number of nitrogens with one attached hydrogen (secondary N) is 2. The zero-order valence-corrected chi connectivity index (χ0v) is 15.3. The van der Waals surface area contributed by atoms with Gasteiger partial charge in [0, 0.05) is 29.7 Å². The van der Waals surface area contributed by atoms with Crippen molar-refractivity contribution in [3.05, 3.63) is 48.3 Å². The van der Waals surface area contributed by atoms with Crippen molar-refractivity contribution < 1.29 is 19.1 Å². The lowest BCUT2D eigenvalue weighted by atomic mass is 10.0. The first kappa shape index (κ1) is 19.2. The van der Waals surface area contributed by atoms with Gasteiger partial charge in [-0.05, 0) is 30.2 Å². The van der Waals surface area contributed by atoms with E-state index in [2.05, 4.69) is 15.6 Å². The number of hydrogen-bond acceptors (Lipinski definition) is 5. The van der Waals surface area contributed by atoms with E-state index in [4.69, 9.17) is 9.47 Å². The van der Waals surface area contributed by atoms with Crippen LogP contribution in [0.15, 0.2) is 42.7 Å². The molecule has 2 N–H and O–H groups in total. The molecular formula is C19H23N3O4. The summed E-state index contributed by atoms with van der Waals surface area (Å²) in [6.07, 6.45) is 3.17. The standard InChI is InChI=1S/C19H23N3O4/c1-12(2)17(19(24)21-14-5-7-20-8-6-14)22-18(23)13-9-15(25-3)11-16(10-13)26-4/h5-12,17H,1-4H3,(H,22,23)(H,20,21,24)/t17-/m0/s1. The molecule has 0 unspecified atom stereocenters. The molecule has 2 aromatic rings. The largest absolute Gasteiger partial charge is 0.497 e. The zero-order chi connectivity index (χ0) is 19.1. The number of methoxy groups -OCH3 is 2. The normalized spacial score (nSPS) is 11.6. The third-order valence-electron chi connectivity index (χ3n) is 3.80. The second-order valence-corrected chi connectivity index (χ2v) is 6.02. The first-order chi connectivity index (χ1) is 12.4. The first-order valence-electron chi connectivity index (χ1n) is 8.19. The maximum Gasteiger partial charge on any atom is 0.252 e.